The van der Waals surface area contributed by atoms with E-state index < -0.39 is 41.5 Å². The van der Waals surface area contributed by atoms with Crippen LogP contribution in [0.5, 0.6) is 5.75 Å². The van der Waals surface area contributed by atoms with Crippen molar-refractivity contribution in [2.24, 2.45) is 5.92 Å². The Morgan fingerprint density at radius 2 is 1.96 bits per heavy atom. The number of aliphatic hydroxyl groups is 1. The van der Waals surface area contributed by atoms with Gasteiger partial charge in [-0.3, -0.25) is 4.79 Å². The number of hydrogen-bond donors (Lipinski definition) is 2. The van der Waals surface area contributed by atoms with Gasteiger partial charge in [0.2, 0.25) is 0 Å². The van der Waals surface area contributed by atoms with Crippen molar-refractivity contribution < 1.29 is 32.2 Å². The third kappa shape index (κ3) is 4.37. The summed E-state index contributed by atoms with van der Waals surface area (Å²) in [4.78, 5) is 12.3. The van der Waals surface area contributed by atoms with Gasteiger partial charge in [0.25, 0.3) is 5.91 Å². The summed E-state index contributed by atoms with van der Waals surface area (Å²) in [5.41, 5.74) is -0.964. The maximum absolute atomic E-state index is 14.1. The first-order chi connectivity index (χ1) is 11.4. The molecule has 1 aliphatic rings. The number of carbonyl (C=O) groups is 1. The highest BCUT2D eigenvalue weighted by Crippen LogP contribution is 2.27. The molecule has 1 fully saturated rings. The first-order valence-corrected chi connectivity index (χ1v) is 7.78. The van der Waals surface area contributed by atoms with Gasteiger partial charge >= 0.3 is 6.61 Å². The zero-order chi connectivity index (χ0) is 17.7. The van der Waals surface area contributed by atoms with Crippen molar-refractivity contribution >= 4 is 5.91 Å². The number of ether oxygens (including phenoxy) is 1. The molecule has 1 amide bonds. The maximum atomic E-state index is 14.1. The first kappa shape index (κ1) is 18.5. The van der Waals surface area contributed by atoms with Crippen molar-refractivity contribution in [3.63, 3.8) is 0 Å². The molecule has 0 heterocycles. The van der Waals surface area contributed by atoms with Crippen LogP contribution < -0.4 is 10.1 Å². The number of halogens is 4. The Morgan fingerprint density at radius 1 is 1.25 bits per heavy atom. The molecule has 0 aromatic heterocycles. The summed E-state index contributed by atoms with van der Waals surface area (Å²) in [6.07, 6.45) is 3.94. The minimum absolute atomic E-state index is 0.148. The average molecular weight is 349 g/mol. The van der Waals surface area contributed by atoms with E-state index in [1.54, 1.807) is 0 Å². The van der Waals surface area contributed by atoms with E-state index in [9.17, 15) is 27.5 Å². The van der Waals surface area contributed by atoms with Crippen molar-refractivity contribution in [1.82, 2.24) is 5.32 Å². The highest BCUT2D eigenvalue weighted by Gasteiger charge is 2.28. The highest BCUT2D eigenvalue weighted by molar-refractivity contribution is 5.95. The van der Waals surface area contributed by atoms with E-state index in [2.05, 4.69) is 10.1 Å². The van der Waals surface area contributed by atoms with E-state index in [1.165, 1.54) is 0 Å². The normalized spacial score (nSPS) is 21.4. The molecular weight excluding hydrogens is 330 g/mol. The van der Waals surface area contributed by atoms with Gasteiger partial charge in [0.15, 0.2) is 11.6 Å². The molecule has 134 valence electrons. The Balaban J connectivity index is 2.22. The van der Waals surface area contributed by atoms with Gasteiger partial charge in [-0.1, -0.05) is 19.3 Å². The molecule has 24 heavy (non-hydrogen) atoms. The Morgan fingerprint density at radius 3 is 2.62 bits per heavy atom. The Bertz CT molecular complexity index is 583. The number of alkyl halides is 2. The zero-order valence-electron chi connectivity index (χ0n) is 12.9. The molecule has 0 radical (unpaired) electrons. The molecule has 0 aliphatic heterocycles. The van der Waals surface area contributed by atoms with Crippen molar-refractivity contribution in [1.29, 1.82) is 0 Å². The number of benzene rings is 1. The standard InChI is InChI=1S/C16H19F4NO3/c17-10-6-7-12(24-16(19)20)14(18)13(10)15(23)21-11-5-3-1-2-4-9(11)8-22/h6-7,9,11,16,22H,1-5,8H2,(H,21,23). The lowest BCUT2D eigenvalue weighted by Gasteiger charge is -2.24. The van der Waals surface area contributed by atoms with Crippen LogP contribution in [0.4, 0.5) is 17.6 Å². The zero-order valence-corrected chi connectivity index (χ0v) is 12.9. The third-order valence-corrected chi connectivity index (χ3v) is 4.21. The van der Waals surface area contributed by atoms with E-state index in [0.29, 0.717) is 25.0 Å². The van der Waals surface area contributed by atoms with E-state index in [1.807, 2.05) is 0 Å². The molecule has 1 saturated carbocycles. The van der Waals surface area contributed by atoms with E-state index in [0.717, 1.165) is 19.3 Å². The van der Waals surface area contributed by atoms with Crippen molar-refractivity contribution in [2.45, 2.75) is 44.8 Å². The number of aliphatic hydroxyl groups excluding tert-OH is 1. The second-order valence-corrected chi connectivity index (χ2v) is 5.77. The lowest BCUT2D eigenvalue weighted by atomic mass is 9.95. The van der Waals surface area contributed by atoms with Gasteiger partial charge in [0.1, 0.15) is 11.4 Å². The predicted octanol–water partition coefficient (Wildman–Crippen LogP) is 3.24. The molecule has 2 N–H and O–H groups in total. The highest BCUT2D eigenvalue weighted by atomic mass is 19.3. The fourth-order valence-electron chi connectivity index (χ4n) is 2.96. The Hall–Kier alpha value is -1.83. The number of nitrogens with one attached hydrogen (secondary N) is 1. The number of amides is 1. The molecule has 1 aromatic carbocycles. The molecule has 2 rings (SSSR count). The van der Waals surface area contributed by atoms with Gasteiger partial charge in [0, 0.05) is 18.6 Å². The smallest absolute Gasteiger partial charge is 0.387 e. The Labute approximate surface area is 136 Å². The number of carbonyl (C=O) groups excluding carboxylic acids is 1. The van der Waals surface area contributed by atoms with Gasteiger partial charge < -0.3 is 15.2 Å². The van der Waals surface area contributed by atoms with Gasteiger partial charge in [-0.15, -0.1) is 0 Å². The van der Waals surface area contributed by atoms with Crippen molar-refractivity contribution in [3.8, 4) is 5.75 Å². The van der Waals surface area contributed by atoms with Gasteiger partial charge in [-0.2, -0.15) is 8.78 Å². The van der Waals surface area contributed by atoms with Crippen LogP contribution in [0.3, 0.4) is 0 Å². The molecule has 0 bridgehead atoms. The number of hydrogen-bond acceptors (Lipinski definition) is 3. The molecule has 2 atom stereocenters. The molecule has 8 heteroatoms. The van der Waals surface area contributed by atoms with Crippen LogP contribution in [0, 0.1) is 17.6 Å². The minimum Gasteiger partial charge on any atom is -0.432 e. The van der Waals surface area contributed by atoms with Gasteiger partial charge in [-0.05, 0) is 25.0 Å². The monoisotopic (exact) mass is 349 g/mol. The van der Waals surface area contributed by atoms with Crippen molar-refractivity contribution in [2.75, 3.05) is 6.61 Å². The topological polar surface area (TPSA) is 58.6 Å². The maximum Gasteiger partial charge on any atom is 0.387 e. The van der Waals surface area contributed by atoms with Crippen molar-refractivity contribution in [3.05, 3.63) is 29.3 Å². The molecule has 2 unspecified atom stereocenters. The van der Waals surface area contributed by atoms with Crippen LogP contribution in [-0.4, -0.2) is 30.3 Å². The van der Waals surface area contributed by atoms with Gasteiger partial charge in [-0.25, -0.2) is 8.78 Å². The molecule has 1 aliphatic carbocycles. The SMILES string of the molecule is O=C(NC1CCCCCC1CO)c1c(F)ccc(OC(F)F)c1F. The fourth-order valence-corrected chi connectivity index (χ4v) is 2.96. The van der Waals surface area contributed by atoms with Gasteiger partial charge in [0.05, 0.1) is 0 Å². The summed E-state index contributed by atoms with van der Waals surface area (Å²) >= 11 is 0. The van der Waals surface area contributed by atoms with E-state index in [4.69, 9.17) is 0 Å². The van der Waals surface area contributed by atoms with Crippen LogP contribution in [0.15, 0.2) is 12.1 Å². The average Bonchev–Trinajstić information content (AvgIpc) is 2.75. The molecule has 1 aromatic rings. The van der Waals surface area contributed by atoms with E-state index in [-0.39, 0.29) is 12.5 Å². The molecule has 4 nitrogen and oxygen atoms in total. The molecule has 0 spiro atoms. The minimum atomic E-state index is -3.29. The van der Waals surface area contributed by atoms with E-state index >= 15 is 0 Å². The second kappa shape index (κ2) is 8.32. The lowest BCUT2D eigenvalue weighted by molar-refractivity contribution is -0.0523. The predicted molar refractivity (Wildman–Crippen MR) is 77.9 cm³/mol. The molecular formula is C16H19F4NO3. The van der Waals surface area contributed by atoms with Crippen LogP contribution in [0.1, 0.15) is 42.5 Å². The molecule has 0 saturated heterocycles. The fraction of sp³-hybridized carbons (Fsp3) is 0.562. The Kier molecular flexibility index (Phi) is 6.42. The summed E-state index contributed by atoms with van der Waals surface area (Å²) in [7, 11) is 0. The quantitative estimate of drug-likeness (QED) is 0.634. The lowest BCUT2D eigenvalue weighted by Crippen LogP contribution is -2.41. The number of rotatable bonds is 5. The summed E-state index contributed by atoms with van der Waals surface area (Å²) in [6.45, 7) is -3.44. The van der Waals surface area contributed by atoms with Crippen LogP contribution in [0.25, 0.3) is 0 Å². The summed E-state index contributed by atoms with van der Waals surface area (Å²) < 4.78 is 56.4. The third-order valence-electron chi connectivity index (χ3n) is 4.21. The second-order valence-electron chi connectivity index (χ2n) is 5.77. The van der Waals surface area contributed by atoms with Crippen LogP contribution in [0.2, 0.25) is 0 Å². The first-order valence-electron chi connectivity index (χ1n) is 7.78. The summed E-state index contributed by atoms with van der Waals surface area (Å²) in [5.74, 6) is -4.78. The largest absolute Gasteiger partial charge is 0.432 e. The van der Waals surface area contributed by atoms with Crippen LogP contribution in [-0.2, 0) is 0 Å². The summed E-state index contributed by atoms with van der Waals surface area (Å²) in [5, 5.41) is 11.9. The summed E-state index contributed by atoms with van der Waals surface area (Å²) in [6, 6.07) is 0.978. The van der Waals surface area contributed by atoms with Crippen LogP contribution >= 0.6 is 0 Å².